The quantitative estimate of drug-likeness (QED) is 0.176. The normalized spacial score (nSPS) is 14.4. The first-order valence-electron chi connectivity index (χ1n) is 48.4. The predicted octanol–water partition coefficient (Wildman–Crippen LogP) is 34.0. The molecule has 4 aromatic heterocycles. The van der Waals surface area contributed by atoms with Crippen LogP contribution >= 0.6 is 0 Å². The third-order valence-corrected chi connectivity index (χ3v) is 32.3. The smallest absolute Gasteiger partial charge is 0.138 e. The van der Waals surface area contributed by atoms with Crippen molar-refractivity contribution in [1.29, 1.82) is 0 Å². The highest BCUT2D eigenvalue weighted by molar-refractivity contribution is 6.15. The second kappa shape index (κ2) is 28.6. The minimum Gasteiger partial charge on any atom is -0.456 e. The Bertz CT molecular complexity index is 8910. The average Bonchev–Trinajstić information content (AvgIpc) is 1.52. The Labute approximate surface area is 787 Å². The molecule has 0 saturated heterocycles. The van der Waals surface area contributed by atoms with Crippen LogP contribution in [0.25, 0.3) is 177 Å². The maximum Gasteiger partial charge on any atom is 0.138 e. The second-order valence-corrected chi connectivity index (χ2v) is 38.2. The van der Waals surface area contributed by atoms with E-state index in [1.807, 2.05) is 0 Å². The van der Waals surface area contributed by atoms with E-state index in [-0.39, 0.29) is 21.7 Å². The van der Waals surface area contributed by atoms with Crippen LogP contribution in [0.2, 0.25) is 0 Å². The Hall–Kier alpha value is -16.4. The Kier molecular flexibility index (Phi) is 16.2. The van der Waals surface area contributed by atoms with E-state index in [9.17, 15) is 0 Å². The SMILES string of the molecule is CCc1ccc2c(c1)oc1cc3c(cc12)-c1ccccc1C31c2ccccc2-c2ccccc21.CCc1ccc2oc3cc4c(cc3c2c1)-c1ccccc1C41c2ccccc2-c2ccccc21.CCc1cccc2c1oc1cc3c(cc12)-c1ccccc1C31c2ccccc2-c2ccccc21.CCc1cccc2oc3cc4c(cc3c12)-c1ccccc1C41c2ccccc2-c2ccccc21. The highest BCUT2D eigenvalue weighted by Crippen LogP contribution is 2.69. The van der Waals surface area contributed by atoms with Gasteiger partial charge in [-0.1, -0.05) is 367 Å². The van der Waals surface area contributed by atoms with Gasteiger partial charge >= 0.3 is 0 Å². The maximum absolute atomic E-state index is 6.58. The number of aryl methyl sites for hydroxylation is 4. The molecule has 136 heavy (non-hydrogen) atoms. The average molecular weight is 1740 g/mol. The van der Waals surface area contributed by atoms with E-state index in [2.05, 4.69) is 440 Å². The lowest BCUT2D eigenvalue weighted by Gasteiger charge is -2.30. The van der Waals surface area contributed by atoms with Crippen LogP contribution in [-0.2, 0) is 47.3 Å². The van der Waals surface area contributed by atoms with Gasteiger partial charge < -0.3 is 17.7 Å². The fourth-order valence-electron chi connectivity index (χ4n) is 26.8. The van der Waals surface area contributed by atoms with Crippen LogP contribution in [0.5, 0.6) is 0 Å². The zero-order valence-electron chi connectivity index (χ0n) is 75.7. The molecule has 0 N–H and O–H groups in total. The van der Waals surface area contributed by atoms with Gasteiger partial charge in [-0.25, -0.2) is 0 Å². The van der Waals surface area contributed by atoms with Gasteiger partial charge in [0.15, 0.2) is 0 Å². The van der Waals surface area contributed by atoms with Crippen molar-refractivity contribution in [3.8, 4) is 89.0 Å². The molecule has 0 fully saturated rings. The van der Waals surface area contributed by atoms with Crippen molar-refractivity contribution >= 4 is 87.8 Å². The van der Waals surface area contributed by atoms with E-state index in [4.69, 9.17) is 17.7 Å². The summed E-state index contributed by atoms with van der Waals surface area (Å²) in [6, 6.07) is 152. The zero-order chi connectivity index (χ0) is 89.8. The molecule has 4 spiro atoms. The van der Waals surface area contributed by atoms with Gasteiger partial charge in [0.1, 0.15) is 44.7 Å². The number of benzene rings is 20. The number of rotatable bonds is 4. The van der Waals surface area contributed by atoms with Crippen molar-refractivity contribution in [1.82, 2.24) is 0 Å². The lowest BCUT2D eigenvalue weighted by Crippen LogP contribution is -2.25. The van der Waals surface area contributed by atoms with Crippen LogP contribution in [-0.4, -0.2) is 0 Å². The molecule has 4 heterocycles. The third-order valence-electron chi connectivity index (χ3n) is 32.3. The first-order valence-corrected chi connectivity index (χ1v) is 48.4. The molecule has 0 bridgehead atoms. The van der Waals surface area contributed by atoms with E-state index >= 15 is 0 Å². The summed E-state index contributed by atoms with van der Waals surface area (Å²) in [6.07, 6.45) is 3.98. The van der Waals surface area contributed by atoms with Crippen molar-refractivity contribution in [2.75, 3.05) is 0 Å². The van der Waals surface area contributed by atoms with E-state index in [1.165, 1.54) is 243 Å². The molecule has 8 aliphatic carbocycles. The fraction of sp³-hybridized carbons (Fsp3) is 0.0909. The van der Waals surface area contributed by atoms with Crippen LogP contribution in [0.4, 0.5) is 0 Å². The van der Waals surface area contributed by atoms with Gasteiger partial charge in [0.05, 0.1) is 21.7 Å². The first kappa shape index (κ1) is 77.2. The molecular formula is C132H88O4. The Morgan fingerprint density at radius 1 is 0.154 bits per heavy atom. The molecule has 0 aliphatic heterocycles. The van der Waals surface area contributed by atoms with Crippen LogP contribution in [0.15, 0.2) is 430 Å². The lowest BCUT2D eigenvalue weighted by atomic mass is 9.70. The minimum absolute atomic E-state index is 0.319. The van der Waals surface area contributed by atoms with E-state index < -0.39 is 0 Å². The van der Waals surface area contributed by atoms with Crippen molar-refractivity contribution in [2.45, 2.75) is 75.0 Å². The molecule has 4 heteroatoms. The summed E-state index contributed by atoms with van der Waals surface area (Å²) in [6.45, 7) is 8.81. The number of para-hydroxylation sites is 1. The van der Waals surface area contributed by atoms with E-state index in [1.54, 1.807) is 0 Å². The molecular weight excluding hydrogens is 1650 g/mol. The molecule has 8 aliphatic rings. The van der Waals surface area contributed by atoms with Crippen molar-refractivity contribution in [2.24, 2.45) is 0 Å². The highest BCUT2D eigenvalue weighted by atomic mass is 16.3. The van der Waals surface area contributed by atoms with Crippen molar-refractivity contribution in [3.05, 3.63) is 524 Å². The summed E-state index contributed by atoms with van der Waals surface area (Å²) in [4.78, 5) is 0. The van der Waals surface area contributed by atoms with Crippen LogP contribution in [0.1, 0.15) is 139 Å². The predicted molar refractivity (Wildman–Crippen MR) is 558 cm³/mol. The zero-order valence-corrected chi connectivity index (χ0v) is 75.7. The van der Waals surface area contributed by atoms with Crippen LogP contribution < -0.4 is 0 Å². The first-order chi connectivity index (χ1) is 67.2. The summed E-state index contributed by atoms with van der Waals surface area (Å²) in [5, 5.41) is 9.70. The minimum atomic E-state index is -0.320. The van der Waals surface area contributed by atoms with Crippen molar-refractivity contribution < 1.29 is 17.7 Å². The van der Waals surface area contributed by atoms with Crippen LogP contribution in [0.3, 0.4) is 0 Å². The third kappa shape index (κ3) is 9.91. The topological polar surface area (TPSA) is 52.6 Å². The maximum atomic E-state index is 6.58. The van der Waals surface area contributed by atoms with Gasteiger partial charge in [-0.2, -0.15) is 0 Å². The Balaban J connectivity index is 0.0000000879. The van der Waals surface area contributed by atoms with Crippen LogP contribution in [0, 0.1) is 0 Å². The molecule has 0 amide bonds. The highest BCUT2D eigenvalue weighted by Gasteiger charge is 2.57. The molecule has 0 radical (unpaired) electrons. The molecule has 0 unspecified atom stereocenters. The van der Waals surface area contributed by atoms with E-state index in [0.717, 1.165) is 70.3 Å². The Morgan fingerprint density at radius 3 is 0.765 bits per heavy atom. The lowest BCUT2D eigenvalue weighted by molar-refractivity contribution is 0.661. The van der Waals surface area contributed by atoms with Gasteiger partial charge in [-0.05, 0) is 299 Å². The molecule has 32 rings (SSSR count). The van der Waals surface area contributed by atoms with E-state index in [0.29, 0.717) is 0 Å². The molecule has 640 valence electrons. The van der Waals surface area contributed by atoms with Crippen molar-refractivity contribution in [3.63, 3.8) is 0 Å². The molecule has 4 nitrogen and oxygen atoms in total. The van der Waals surface area contributed by atoms with Gasteiger partial charge in [-0.15, -0.1) is 0 Å². The Morgan fingerprint density at radius 2 is 0.412 bits per heavy atom. The summed E-state index contributed by atoms with van der Waals surface area (Å²) in [7, 11) is 0. The number of hydrogen-bond acceptors (Lipinski definition) is 4. The molecule has 20 aromatic carbocycles. The van der Waals surface area contributed by atoms with Gasteiger partial charge in [-0.3, -0.25) is 0 Å². The summed E-state index contributed by atoms with van der Waals surface area (Å²) in [5.41, 5.74) is 54.8. The monoisotopic (exact) mass is 1740 g/mol. The van der Waals surface area contributed by atoms with Gasteiger partial charge in [0, 0.05) is 43.1 Å². The standard InChI is InChI=1S/4C33H22O/c1-2-20-10-9-14-24-26-18-25-23-13-5-8-17-29(23)33(30(25)19-31(26)34-32(20)24)27-15-6-3-11-21(27)22-12-4-7-16-28(22)33;1-2-20-10-9-17-30-32(20)25-18-24-23-13-5-8-16-28(23)33(29(24)19-31(25)34-30)26-14-6-3-11-21(26)22-12-4-7-15-27(22)33;1-2-20-15-16-31-25(17-20)26-18-24-23-11-5-8-14-29(23)33(30(24)19-32(26)34-31)27-12-6-3-9-21(27)22-10-4-7-13-28(22)33;1-2-20-15-16-24-26-18-25-23-11-5-8-14-29(23)33(30(25)19-32(26)34-31(24)17-20)27-12-6-3-9-21(27)22-10-4-7-13-28(22)33/h4*3-19H,2H2,1H3. The second-order valence-electron chi connectivity index (χ2n) is 38.2. The number of furan rings is 4. The summed E-state index contributed by atoms with van der Waals surface area (Å²) >= 11 is 0. The fourth-order valence-corrected chi connectivity index (χ4v) is 26.8. The largest absolute Gasteiger partial charge is 0.456 e. The molecule has 24 aromatic rings. The molecule has 0 saturated carbocycles. The van der Waals surface area contributed by atoms with Gasteiger partial charge in [0.25, 0.3) is 0 Å². The summed E-state index contributed by atoms with van der Waals surface area (Å²) in [5.74, 6) is 0. The number of hydrogen-bond donors (Lipinski definition) is 0. The summed E-state index contributed by atoms with van der Waals surface area (Å²) < 4.78 is 26.0. The molecule has 0 atom stereocenters. The number of fused-ring (bicyclic) bond motifs is 52. The van der Waals surface area contributed by atoms with Gasteiger partial charge in [0.2, 0.25) is 0 Å².